The Bertz CT molecular complexity index is 926. The second-order valence-corrected chi connectivity index (χ2v) is 8.23. The molecule has 7 nitrogen and oxygen atoms in total. The van der Waals surface area contributed by atoms with Crippen molar-refractivity contribution in [1.29, 1.82) is 0 Å². The molecule has 1 aliphatic heterocycles. The normalized spacial score (nSPS) is 13.1. The van der Waals surface area contributed by atoms with E-state index in [1.165, 1.54) is 4.31 Å². The van der Waals surface area contributed by atoms with Gasteiger partial charge in [-0.2, -0.15) is 0 Å². The van der Waals surface area contributed by atoms with Crippen molar-refractivity contribution in [3.63, 3.8) is 0 Å². The number of hydrogen-bond donors (Lipinski definition) is 1. The molecule has 0 atom stereocenters. The van der Waals surface area contributed by atoms with E-state index in [-0.39, 0.29) is 18.9 Å². The average molecular weight is 390 g/mol. The Balaban J connectivity index is 1.70. The van der Waals surface area contributed by atoms with Crippen LogP contribution >= 0.6 is 0 Å². The van der Waals surface area contributed by atoms with Crippen LogP contribution in [0.3, 0.4) is 0 Å². The monoisotopic (exact) mass is 390 g/mol. The van der Waals surface area contributed by atoms with Gasteiger partial charge in [0, 0.05) is 24.7 Å². The second kappa shape index (κ2) is 7.87. The van der Waals surface area contributed by atoms with Gasteiger partial charge in [-0.1, -0.05) is 17.7 Å². The van der Waals surface area contributed by atoms with E-state index >= 15 is 0 Å². The zero-order valence-corrected chi connectivity index (χ0v) is 16.1. The third-order valence-corrected chi connectivity index (χ3v) is 5.29. The maximum absolute atomic E-state index is 12.2. The highest BCUT2D eigenvalue weighted by atomic mass is 32.2. The topological polar surface area (TPSA) is 84.9 Å². The van der Waals surface area contributed by atoms with Gasteiger partial charge in [0.05, 0.1) is 11.9 Å². The number of sulfonamides is 1. The Morgan fingerprint density at radius 2 is 1.74 bits per heavy atom. The van der Waals surface area contributed by atoms with Crippen LogP contribution in [0.4, 0.5) is 11.4 Å². The lowest BCUT2D eigenvalue weighted by Gasteiger charge is -2.25. The van der Waals surface area contributed by atoms with Crippen LogP contribution in [0.5, 0.6) is 11.5 Å². The summed E-state index contributed by atoms with van der Waals surface area (Å²) in [5, 5.41) is 2.77. The minimum atomic E-state index is -3.56. The molecule has 8 heteroatoms. The number of hydrogen-bond acceptors (Lipinski definition) is 5. The Hall–Kier alpha value is -2.74. The van der Waals surface area contributed by atoms with Crippen LogP contribution in [-0.4, -0.2) is 40.3 Å². The zero-order chi connectivity index (χ0) is 19.4. The Kier molecular flexibility index (Phi) is 5.55. The predicted molar refractivity (Wildman–Crippen MR) is 104 cm³/mol. The fourth-order valence-corrected chi connectivity index (χ4v) is 3.66. The molecule has 0 fully saturated rings. The van der Waals surface area contributed by atoms with Crippen molar-refractivity contribution < 1.29 is 22.7 Å². The lowest BCUT2D eigenvalue weighted by Crippen LogP contribution is -2.33. The van der Waals surface area contributed by atoms with Crippen molar-refractivity contribution in [3.8, 4) is 11.5 Å². The maximum Gasteiger partial charge on any atom is 0.232 e. The van der Waals surface area contributed by atoms with Crippen LogP contribution in [0.25, 0.3) is 0 Å². The molecule has 0 bridgehead atoms. The lowest BCUT2D eigenvalue weighted by molar-refractivity contribution is -0.116. The number of aryl methyl sites for hydroxylation is 1. The Morgan fingerprint density at radius 1 is 1.07 bits per heavy atom. The Morgan fingerprint density at radius 3 is 2.41 bits per heavy atom. The van der Waals surface area contributed by atoms with Crippen molar-refractivity contribution in [1.82, 2.24) is 0 Å². The molecule has 1 amide bonds. The summed E-state index contributed by atoms with van der Waals surface area (Å²) in [5.41, 5.74) is 2.20. The van der Waals surface area contributed by atoms with Gasteiger partial charge in [-0.25, -0.2) is 8.42 Å². The first kappa shape index (κ1) is 19.0. The van der Waals surface area contributed by atoms with Gasteiger partial charge in [0.2, 0.25) is 15.9 Å². The van der Waals surface area contributed by atoms with Gasteiger partial charge < -0.3 is 14.8 Å². The molecule has 1 heterocycles. The first-order valence-electron chi connectivity index (χ1n) is 8.57. The molecule has 0 spiro atoms. The highest BCUT2D eigenvalue weighted by Crippen LogP contribution is 2.34. The number of nitrogens with one attached hydrogen (secondary N) is 1. The summed E-state index contributed by atoms with van der Waals surface area (Å²) in [6.45, 7) is 2.86. The summed E-state index contributed by atoms with van der Waals surface area (Å²) in [6.07, 6.45) is 1.14. The number of nitrogens with zero attached hydrogens (tertiary/aromatic N) is 1. The standard InChI is InChI=1S/C19H22N2O5S/c1-14-3-5-15(6-4-14)20-19(22)9-10-21(27(2,23)24)16-7-8-17-18(13-16)26-12-11-25-17/h3-8,13H,9-12H2,1-2H3,(H,20,22). The van der Waals surface area contributed by atoms with Crippen molar-refractivity contribution in [2.24, 2.45) is 0 Å². The molecule has 27 heavy (non-hydrogen) atoms. The highest BCUT2D eigenvalue weighted by molar-refractivity contribution is 7.92. The van der Waals surface area contributed by atoms with Crippen LogP contribution in [-0.2, 0) is 14.8 Å². The van der Waals surface area contributed by atoms with E-state index in [2.05, 4.69) is 5.32 Å². The molecular weight excluding hydrogens is 368 g/mol. The van der Waals surface area contributed by atoms with Crippen LogP contribution in [0.2, 0.25) is 0 Å². The van der Waals surface area contributed by atoms with E-state index in [0.717, 1.165) is 11.8 Å². The number of ether oxygens (including phenoxy) is 2. The molecule has 3 rings (SSSR count). The van der Waals surface area contributed by atoms with Crippen molar-refractivity contribution in [2.75, 3.05) is 35.6 Å². The van der Waals surface area contributed by atoms with E-state index < -0.39 is 10.0 Å². The molecule has 1 N–H and O–H groups in total. The third kappa shape index (κ3) is 4.91. The fraction of sp³-hybridized carbons (Fsp3) is 0.316. The molecule has 1 aliphatic rings. The largest absolute Gasteiger partial charge is 0.486 e. The molecular formula is C19H22N2O5S. The summed E-state index contributed by atoms with van der Waals surface area (Å²) in [5.74, 6) is 0.817. The molecule has 0 radical (unpaired) electrons. The fourth-order valence-electron chi connectivity index (χ4n) is 2.74. The van der Waals surface area contributed by atoms with E-state index in [1.807, 2.05) is 31.2 Å². The number of amides is 1. The molecule has 0 aliphatic carbocycles. The summed E-state index contributed by atoms with van der Waals surface area (Å²) in [4.78, 5) is 12.2. The minimum Gasteiger partial charge on any atom is -0.486 e. The van der Waals surface area contributed by atoms with Gasteiger partial charge in [0.15, 0.2) is 11.5 Å². The second-order valence-electron chi connectivity index (χ2n) is 6.33. The summed E-state index contributed by atoms with van der Waals surface area (Å²) >= 11 is 0. The van der Waals surface area contributed by atoms with E-state index in [4.69, 9.17) is 9.47 Å². The molecule has 0 aromatic heterocycles. The number of carbonyl (C=O) groups excluding carboxylic acids is 1. The molecule has 0 saturated carbocycles. The Labute approximate surface area is 158 Å². The summed E-state index contributed by atoms with van der Waals surface area (Å²) < 4.78 is 36.6. The first-order chi connectivity index (χ1) is 12.8. The van der Waals surface area contributed by atoms with Gasteiger partial charge in [-0.15, -0.1) is 0 Å². The van der Waals surface area contributed by atoms with Crippen molar-refractivity contribution in [3.05, 3.63) is 48.0 Å². The number of carbonyl (C=O) groups is 1. The van der Waals surface area contributed by atoms with Crippen LogP contribution in [0, 0.1) is 6.92 Å². The predicted octanol–water partition coefficient (Wildman–Crippen LogP) is 2.56. The van der Waals surface area contributed by atoms with E-state index in [1.54, 1.807) is 18.2 Å². The van der Waals surface area contributed by atoms with E-state index in [0.29, 0.717) is 36.1 Å². The lowest BCUT2D eigenvalue weighted by atomic mass is 10.2. The van der Waals surface area contributed by atoms with Gasteiger partial charge in [-0.05, 0) is 31.2 Å². The summed E-state index contributed by atoms with van der Waals surface area (Å²) in [6, 6.07) is 12.3. The van der Waals surface area contributed by atoms with Crippen LogP contribution < -0.4 is 19.1 Å². The van der Waals surface area contributed by atoms with Gasteiger partial charge in [0.25, 0.3) is 0 Å². The maximum atomic E-state index is 12.2. The SMILES string of the molecule is Cc1ccc(NC(=O)CCN(c2ccc3c(c2)OCCO3)S(C)(=O)=O)cc1. The van der Waals surface area contributed by atoms with Gasteiger partial charge >= 0.3 is 0 Å². The minimum absolute atomic E-state index is 0.0232. The molecule has 2 aromatic rings. The first-order valence-corrected chi connectivity index (χ1v) is 10.4. The van der Waals surface area contributed by atoms with Crippen LogP contribution in [0.15, 0.2) is 42.5 Å². The number of anilines is 2. The number of rotatable bonds is 6. The highest BCUT2D eigenvalue weighted by Gasteiger charge is 2.21. The quantitative estimate of drug-likeness (QED) is 0.819. The summed E-state index contributed by atoms with van der Waals surface area (Å²) in [7, 11) is -3.56. The van der Waals surface area contributed by atoms with Gasteiger partial charge in [0.1, 0.15) is 13.2 Å². The third-order valence-electron chi connectivity index (χ3n) is 4.09. The molecule has 2 aromatic carbocycles. The average Bonchev–Trinajstić information content (AvgIpc) is 2.62. The number of benzene rings is 2. The molecule has 0 unspecified atom stereocenters. The number of fused-ring (bicyclic) bond motifs is 1. The zero-order valence-electron chi connectivity index (χ0n) is 15.3. The van der Waals surface area contributed by atoms with Gasteiger partial charge in [-0.3, -0.25) is 9.10 Å². The molecule has 144 valence electrons. The van der Waals surface area contributed by atoms with E-state index in [9.17, 15) is 13.2 Å². The van der Waals surface area contributed by atoms with Crippen molar-refractivity contribution >= 4 is 27.3 Å². The smallest absolute Gasteiger partial charge is 0.232 e. The molecule has 0 saturated heterocycles. The van der Waals surface area contributed by atoms with Crippen LogP contribution in [0.1, 0.15) is 12.0 Å². The van der Waals surface area contributed by atoms with Crippen molar-refractivity contribution in [2.45, 2.75) is 13.3 Å².